The van der Waals surface area contributed by atoms with E-state index in [0.29, 0.717) is 115 Å². The first-order valence-electron chi connectivity index (χ1n) is 34.1. The third-order valence-electron chi connectivity index (χ3n) is 16.7. The summed E-state index contributed by atoms with van der Waals surface area (Å²) in [5, 5.41) is 65.0. The number of hydrogen-bond donors (Lipinski definition) is 13. The molecule has 13 N–H and O–H groups in total. The van der Waals surface area contributed by atoms with Crippen molar-refractivity contribution in [1.82, 2.24) is 89.7 Å². The average Bonchev–Trinajstić information content (AvgIpc) is 1.70. The summed E-state index contributed by atoms with van der Waals surface area (Å²) in [5.74, 6) is 8.26. The van der Waals surface area contributed by atoms with Gasteiger partial charge in [-0.15, -0.1) is 0 Å². The minimum absolute atomic E-state index is 0. The molecular weight excluding hydrogens is 1480 g/mol. The smallest absolute Gasteiger partial charge is 0.242 e. The first-order valence-corrected chi connectivity index (χ1v) is 39.7. The highest BCUT2D eigenvalue weighted by Gasteiger charge is 2.30. The van der Waals surface area contributed by atoms with Crippen LogP contribution in [-0.4, -0.2) is 146 Å². The van der Waals surface area contributed by atoms with Crippen LogP contribution >= 0.6 is 23.2 Å². The van der Waals surface area contributed by atoms with Crippen molar-refractivity contribution < 1.29 is 48.3 Å². The average molecular weight is 1580 g/mol. The predicted molar refractivity (Wildman–Crippen MR) is 431 cm³/mol. The van der Waals surface area contributed by atoms with Gasteiger partial charge < -0.3 is 36.8 Å². The number of nitrogens with one attached hydrogen (secondary N) is 11. The molecule has 8 aromatic heterocycles. The Bertz CT molecular complexity index is 5600. The van der Waals surface area contributed by atoms with Gasteiger partial charge in [0.15, 0.2) is 63.9 Å². The topological polar surface area (TPSA) is 448 Å². The first kappa shape index (κ1) is 75.0. The summed E-state index contributed by atoms with van der Waals surface area (Å²) in [6.45, 7) is 5.33. The van der Waals surface area contributed by atoms with Crippen molar-refractivity contribution in [3.8, 4) is 45.7 Å². The van der Waals surface area contributed by atoms with Gasteiger partial charge in [-0.05, 0) is 151 Å². The highest BCUT2D eigenvalue weighted by Crippen LogP contribution is 2.43. The Balaban J connectivity index is 0.000000321. The second kappa shape index (κ2) is 31.7. The fourth-order valence-corrected chi connectivity index (χ4v) is 13.9. The van der Waals surface area contributed by atoms with Gasteiger partial charge in [0.2, 0.25) is 36.0 Å². The van der Waals surface area contributed by atoms with E-state index < -0.39 is 35.6 Å². The number of sulfonamides is 3. The van der Waals surface area contributed by atoms with Crippen LogP contribution in [0.25, 0.3) is 34.2 Å². The number of aromatic amines is 4. The van der Waals surface area contributed by atoms with Crippen LogP contribution in [0.15, 0.2) is 162 Å². The number of halogens is 2. The van der Waals surface area contributed by atoms with Crippen molar-refractivity contribution in [3.05, 3.63) is 185 Å². The molecule has 32 nitrogen and oxygen atoms in total. The van der Waals surface area contributed by atoms with Gasteiger partial charge in [-0.3, -0.25) is 25.1 Å². The van der Waals surface area contributed by atoms with Gasteiger partial charge in [-0.1, -0.05) is 47.5 Å². The standard InChI is InChI=1S/C20H24N6O3S.C18H21N7O2S.C17H17ClN6O2S.C16H14ClN5O.9H2/c1-20(2,3)26-30(28,29)14-6-4-5-13(9-14)18-21-11-16(27)19(23-18)22-17-10-15(24-25-17)12-7-8-12;1-25(2)28(26,27)14-7-5-13(6-8-14)20-18-19-10-9-16(22-18)21-17-11-15(23-24-17)12-3-4-12;1-27(25,26)24-12-6-4-11(5-7-12)16-19-9-13(18)17(21-16)20-15-8-14(22-23-15)10-2-3-10;17-12-8-18-15(10-2-1-3-11(23)6-10)20-16(12)19-14-7-13(21-22-14)9-4-5-9;;;;;;;;;/h4-6,9-12,26-27H,7-8H2,1-3H3,(H2,21,22,23,24,25);5-12H,3-4H2,1-2H3,(H3,19,20,21,22,23,24);4-10,24H,2-3H2,1H3,(H2,19,20,21,22,23);1-3,6-9,23H,4-5H2,(H2,18,19,20,21,22);9*1H. The van der Waals surface area contributed by atoms with Crippen molar-refractivity contribution in [2.24, 2.45) is 0 Å². The van der Waals surface area contributed by atoms with Gasteiger partial charge in [0, 0.05) is 137 Å². The highest BCUT2D eigenvalue weighted by molar-refractivity contribution is 7.92. The number of aromatic hydroxyl groups is 2. The Labute approximate surface area is 645 Å². The summed E-state index contributed by atoms with van der Waals surface area (Å²) < 4.78 is 78.3. The second-order valence-electron chi connectivity index (χ2n) is 27.2. The number of aromatic nitrogens is 16. The van der Waals surface area contributed by atoms with Crippen molar-refractivity contribution in [1.29, 1.82) is 0 Å². The lowest BCUT2D eigenvalue weighted by Gasteiger charge is -2.20. The summed E-state index contributed by atoms with van der Waals surface area (Å²) in [6, 6.07) is 35.9. The number of hydrogen-bond acceptors (Lipinski definition) is 25. The Morgan fingerprint density at radius 2 is 0.917 bits per heavy atom. The molecule has 12 aromatic rings. The molecule has 4 saturated carbocycles. The maximum absolute atomic E-state index is 12.6. The molecule has 16 rings (SSSR count). The Morgan fingerprint density at radius 1 is 0.472 bits per heavy atom. The van der Waals surface area contributed by atoms with Gasteiger partial charge in [-0.25, -0.2) is 69.2 Å². The van der Waals surface area contributed by atoms with Crippen LogP contribution in [0.4, 0.5) is 63.9 Å². The molecule has 108 heavy (non-hydrogen) atoms. The van der Waals surface area contributed by atoms with Crippen LogP contribution in [0.5, 0.6) is 11.5 Å². The fourth-order valence-electron chi connectivity index (χ4n) is 10.7. The van der Waals surface area contributed by atoms with Gasteiger partial charge in [0.05, 0.1) is 34.6 Å². The van der Waals surface area contributed by atoms with E-state index in [1.165, 1.54) is 87.6 Å². The molecule has 4 aliphatic carbocycles. The molecule has 578 valence electrons. The van der Waals surface area contributed by atoms with Crippen LogP contribution in [0.1, 0.15) is 131 Å². The van der Waals surface area contributed by atoms with Gasteiger partial charge in [0.1, 0.15) is 21.6 Å². The first-order chi connectivity index (χ1) is 51.6. The van der Waals surface area contributed by atoms with E-state index >= 15 is 0 Å². The molecule has 0 saturated heterocycles. The molecule has 37 heteroatoms. The minimum Gasteiger partial charge on any atom is -0.508 e. The van der Waals surface area contributed by atoms with E-state index in [1.54, 1.807) is 112 Å². The number of nitrogens with zero attached hydrogens (tertiary/aromatic N) is 13. The lowest BCUT2D eigenvalue weighted by molar-refractivity contribution is 0.472. The van der Waals surface area contributed by atoms with Gasteiger partial charge in [0.25, 0.3) is 0 Å². The summed E-state index contributed by atoms with van der Waals surface area (Å²) >= 11 is 12.4. The quantitative estimate of drug-likeness (QED) is 0.0283. The molecule has 0 radical (unpaired) electrons. The van der Waals surface area contributed by atoms with Crippen molar-refractivity contribution >= 4 is 117 Å². The predicted octanol–water partition coefficient (Wildman–Crippen LogP) is 15.7. The van der Waals surface area contributed by atoms with E-state index in [2.05, 4.69) is 117 Å². The van der Waals surface area contributed by atoms with E-state index in [1.807, 2.05) is 30.3 Å². The monoisotopic (exact) mass is 1580 g/mol. The molecular formula is C71H94Cl2N24O8S3. The minimum atomic E-state index is -3.70. The lowest BCUT2D eigenvalue weighted by atomic mass is 10.1. The molecule has 4 aliphatic rings. The van der Waals surface area contributed by atoms with Crippen LogP contribution in [-0.2, 0) is 30.1 Å². The number of rotatable bonds is 23. The lowest BCUT2D eigenvalue weighted by Crippen LogP contribution is -2.40. The Hall–Kier alpha value is -11.2. The SMILES string of the molecule is CC(C)(C)NS(=O)(=O)c1cccc(-c2ncc(O)c(Nc3cc(C4CC4)[nH]n3)n2)c1.CN(C)S(=O)(=O)c1ccc(Nc2nccc(Nc3cc(C4CC4)[nH]n3)n2)cc1.CS(=O)(=O)Nc1ccc(-c2ncc(Cl)c(Nc3cc(C4CC4)[nH]n3)n2)cc1.Oc1cccc(-c2ncc(Cl)c(Nc3cc(C4CC4)[nH]n3)n2)c1.[HH].[HH].[HH].[HH].[HH].[HH].[HH].[HH].[HH]. The van der Waals surface area contributed by atoms with E-state index in [9.17, 15) is 35.5 Å². The Kier molecular flexibility index (Phi) is 22.0. The number of benzene rings is 4. The van der Waals surface area contributed by atoms with Crippen LogP contribution in [0.2, 0.25) is 10.0 Å². The molecule has 0 aliphatic heterocycles. The fraction of sp³-hybridized carbons (Fsp3) is 0.268. The normalized spacial score (nSPS) is 14.3. The van der Waals surface area contributed by atoms with Crippen LogP contribution in [0.3, 0.4) is 0 Å². The zero-order valence-electron chi connectivity index (χ0n) is 59.0. The molecule has 4 fully saturated rings. The van der Waals surface area contributed by atoms with E-state index in [-0.39, 0.29) is 45.8 Å². The molecule has 0 unspecified atom stereocenters. The molecule has 0 atom stereocenters. The van der Waals surface area contributed by atoms with E-state index in [0.717, 1.165) is 47.4 Å². The number of H-pyrrole nitrogens is 4. The third kappa shape index (κ3) is 20.3. The number of phenols is 1. The maximum atomic E-state index is 12.6. The molecule has 0 amide bonds. The summed E-state index contributed by atoms with van der Waals surface area (Å²) in [7, 11) is -7.47. The summed E-state index contributed by atoms with van der Waals surface area (Å²) in [4.78, 5) is 34.8. The molecule has 4 aromatic carbocycles. The second-order valence-corrected chi connectivity index (χ2v) is 33.6. The van der Waals surface area contributed by atoms with E-state index in [4.69, 9.17) is 23.2 Å². The third-order valence-corrected chi connectivity index (χ3v) is 21.4. The number of anilines is 11. The zero-order chi connectivity index (χ0) is 76.1. The molecule has 0 bridgehead atoms. The highest BCUT2D eigenvalue weighted by atomic mass is 35.5. The van der Waals surface area contributed by atoms with Crippen LogP contribution < -0.4 is 36.0 Å². The number of phenolic OH excluding ortho intramolecular Hbond substituents is 1. The van der Waals surface area contributed by atoms with Crippen molar-refractivity contribution in [3.63, 3.8) is 0 Å². The zero-order valence-corrected chi connectivity index (χ0v) is 63.0. The van der Waals surface area contributed by atoms with Crippen molar-refractivity contribution in [2.45, 2.75) is 111 Å². The van der Waals surface area contributed by atoms with Gasteiger partial charge in [-0.2, -0.15) is 25.4 Å². The largest absolute Gasteiger partial charge is 0.508 e. The van der Waals surface area contributed by atoms with Crippen molar-refractivity contribution in [2.75, 3.05) is 51.7 Å². The maximum Gasteiger partial charge on any atom is 0.242 e. The molecule has 8 heterocycles. The Morgan fingerprint density at radius 3 is 1.39 bits per heavy atom. The van der Waals surface area contributed by atoms with Crippen LogP contribution in [0, 0.1) is 0 Å². The summed E-state index contributed by atoms with van der Waals surface area (Å²) in [6.07, 6.45) is 16.5. The summed E-state index contributed by atoms with van der Waals surface area (Å²) in [5.41, 5.74) is 6.93. The van der Waals surface area contributed by atoms with Gasteiger partial charge >= 0.3 is 0 Å². The molecule has 0 spiro atoms.